The first-order valence-corrected chi connectivity index (χ1v) is 10.00. The Balaban J connectivity index is 1.78. The minimum absolute atomic E-state index is 0.510. The van der Waals surface area contributed by atoms with Gasteiger partial charge in [-0.15, -0.1) is 0 Å². The Bertz CT molecular complexity index is 1240. The van der Waals surface area contributed by atoms with E-state index in [1.807, 2.05) is 12.1 Å². The molecule has 1 aliphatic rings. The molecule has 2 heterocycles. The highest BCUT2D eigenvalue weighted by atomic mass is 79.9. The topological polar surface area (TPSA) is 14.2 Å². The molecule has 0 fully saturated rings. The van der Waals surface area contributed by atoms with Crippen molar-refractivity contribution < 1.29 is 4.74 Å². The highest BCUT2D eigenvalue weighted by Gasteiger charge is 2.14. The van der Waals surface area contributed by atoms with Gasteiger partial charge in [0.25, 0.3) is 0 Å². The molecule has 136 valence electrons. The first-order chi connectivity index (χ1) is 13.7. The molecule has 1 aliphatic heterocycles. The van der Waals surface area contributed by atoms with Crippen molar-refractivity contribution in [3.8, 4) is 5.75 Å². The fourth-order valence-corrected chi connectivity index (χ4v) is 4.19. The Kier molecular flexibility index (Phi) is 4.18. The molecule has 4 aromatic rings. The van der Waals surface area contributed by atoms with Gasteiger partial charge in [0, 0.05) is 26.5 Å². The second kappa shape index (κ2) is 6.84. The molecule has 0 N–H and O–H groups in total. The summed E-state index contributed by atoms with van der Waals surface area (Å²) < 4.78 is 9.27. The summed E-state index contributed by atoms with van der Waals surface area (Å²) in [7, 11) is 0. The number of benzene rings is 3. The summed E-state index contributed by atoms with van der Waals surface area (Å²) in [5, 5.41) is 2.49. The van der Waals surface area contributed by atoms with E-state index in [1.54, 1.807) is 0 Å². The molecule has 0 radical (unpaired) electrons. The zero-order valence-electron chi connectivity index (χ0n) is 15.2. The average molecular weight is 428 g/mol. The van der Waals surface area contributed by atoms with Gasteiger partial charge in [0.1, 0.15) is 12.4 Å². The fourth-order valence-electron chi connectivity index (χ4n) is 3.83. The first kappa shape index (κ1) is 17.1. The van der Waals surface area contributed by atoms with E-state index in [4.69, 9.17) is 4.74 Å². The average Bonchev–Trinajstić information content (AvgIpc) is 3.08. The zero-order chi connectivity index (χ0) is 19.1. The van der Waals surface area contributed by atoms with Gasteiger partial charge < -0.3 is 9.30 Å². The standard InChI is InChI=1S/C25H18BrNO/c1-17-15-19(7-6-14-28-25-13-12-18(26)16-22(17)25)27-23-10-4-2-8-20(23)21-9-3-5-11-24(21)27/h2-13,15-16H,1,14H2/b7-6-,19-15+. The molecule has 3 aromatic carbocycles. The van der Waals surface area contributed by atoms with E-state index in [0.717, 1.165) is 27.1 Å². The second-order valence-electron chi connectivity index (χ2n) is 6.82. The van der Waals surface area contributed by atoms with Gasteiger partial charge in [-0.25, -0.2) is 0 Å². The highest BCUT2D eigenvalue weighted by Crippen LogP contribution is 2.35. The van der Waals surface area contributed by atoms with Gasteiger partial charge in [0.15, 0.2) is 0 Å². The Labute approximate surface area is 172 Å². The van der Waals surface area contributed by atoms with Crippen LogP contribution in [0.3, 0.4) is 0 Å². The van der Waals surface area contributed by atoms with Gasteiger partial charge >= 0.3 is 0 Å². The van der Waals surface area contributed by atoms with E-state index < -0.39 is 0 Å². The Morgan fingerprint density at radius 1 is 0.893 bits per heavy atom. The van der Waals surface area contributed by atoms with Gasteiger partial charge in [-0.2, -0.15) is 0 Å². The van der Waals surface area contributed by atoms with Gasteiger partial charge in [-0.3, -0.25) is 0 Å². The third-order valence-corrected chi connectivity index (χ3v) is 5.56. The van der Waals surface area contributed by atoms with Crippen LogP contribution in [0.4, 0.5) is 0 Å². The van der Waals surface area contributed by atoms with Crippen LogP contribution in [0, 0.1) is 0 Å². The predicted octanol–water partition coefficient (Wildman–Crippen LogP) is 7.06. The van der Waals surface area contributed by atoms with Crippen LogP contribution in [0.5, 0.6) is 5.75 Å². The molecule has 1 aromatic heterocycles. The summed E-state index contributed by atoms with van der Waals surface area (Å²) in [6, 6.07) is 23.1. The number of para-hydroxylation sites is 2. The maximum Gasteiger partial charge on any atom is 0.127 e. The molecular formula is C25H18BrNO. The Hall–Kier alpha value is -3.04. The molecule has 0 spiro atoms. The SMILES string of the molecule is C=C1/C=C(n2c3ccccc3c3ccccc32)\C=C/COc2ccc(Br)cc21. The number of aromatic nitrogens is 1. The third kappa shape index (κ3) is 2.79. The summed E-state index contributed by atoms with van der Waals surface area (Å²) in [5.41, 5.74) is 5.35. The molecule has 3 heteroatoms. The summed E-state index contributed by atoms with van der Waals surface area (Å²) in [6.45, 7) is 4.85. The third-order valence-electron chi connectivity index (χ3n) is 5.07. The summed E-state index contributed by atoms with van der Waals surface area (Å²) >= 11 is 3.56. The molecule has 0 aliphatic carbocycles. The number of ether oxygens (including phenoxy) is 1. The van der Waals surface area contributed by atoms with Crippen LogP contribution in [0.1, 0.15) is 5.56 Å². The maximum absolute atomic E-state index is 5.96. The van der Waals surface area contributed by atoms with E-state index in [9.17, 15) is 0 Å². The van der Waals surface area contributed by atoms with Crippen LogP contribution < -0.4 is 4.74 Å². The van der Waals surface area contributed by atoms with E-state index >= 15 is 0 Å². The van der Waals surface area contributed by atoms with Crippen LogP contribution >= 0.6 is 15.9 Å². The Morgan fingerprint density at radius 2 is 1.57 bits per heavy atom. The second-order valence-corrected chi connectivity index (χ2v) is 7.73. The molecule has 0 saturated carbocycles. The molecular weight excluding hydrogens is 410 g/mol. The van der Waals surface area contributed by atoms with E-state index in [0.29, 0.717) is 6.61 Å². The van der Waals surface area contributed by atoms with Crippen molar-refractivity contribution >= 4 is 49.0 Å². The van der Waals surface area contributed by atoms with Crippen LogP contribution in [-0.4, -0.2) is 11.2 Å². The van der Waals surface area contributed by atoms with Crippen LogP contribution in [-0.2, 0) is 0 Å². The Morgan fingerprint density at radius 3 is 2.29 bits per heavy atom. The minimum atomic E-state index is 0.510. The number of hydrogen-bond donors (Lipinski definition) is 0. The predicted molar refractivity (Wildman–Crippen MR) is 122 cm³/mol. The lowest BCUT2D eigenvalue weighted by molar-refractivity contribution is 0.362. The van der Waals surface area contributed by atoms with Crippen molar-refractivity contribution in [2.24, 2.45) is 0 Å². The molecule has 2 nitrogen and oxygen atoms in total. The quantitative estimate of drug-likeness (QED) is 0.317. The number of nitrogens with zero attached hydrogens (tertiary/aromatic N) is 1. The van der Waals surface area contributed by atoms with Gasteiger partial charge in [-0.1, -0.05) is 58.9 Å². The van der Waals surface area contributed by atoms with Crippen molar-refractivity contribution in [1.82, 2.24) is 4.57 Å². The number of rotatable bonds is 1. The molecule has 0 bridgehead atoms. The molecule has 5 rings (SSSR count). The van der Waals surface area contributed by atoms with Gasteiger partial charge in [0.2, 0.25) is 0 Å². The number of fused-ring (bicyclic) bond motifs is 4. The van der Waals surface area contributed by atoms with Gasteiger partial charge in [0.05, 0.1) is 11.0 Å². The minimum Gasteiger partial charge on any atom is -0.489 e. The largest absolute Gasteiger partial charge is 0.489 e. The number of hydrogen-bond acceptors (Lipinski definition) is 1. The normalized spacial score (nSPS) is 17.2. The van der Waals surface area contributed by atoms with Gasteiger partial charge in [-0.05, 0) is 54.1 Å². The lowest BCUT2D eigenvalue weighted by Crippen LogP contribution is -1.96. The number of allylic oxidation sites excluding steroid dienone is 4. The molecule has 0 saturated heterocycles. The van der Waals surface area contributed by atoms with Crippen molar-refractivity contribution in [2.75, 3.05) is 6.61 Å². The molecule has 0 unspecified atom stereocenters. The summed E-state index contributed by atoms with van der Waals surface area (Å²) in [5.74, 6) is 0.845. The first-order valence-electron chi connectivity index (χ1n) is 9.21. The lowest BCUT2D eigenvalue weighted by Gasteiger charge is -2.12. The maximum atomic E-state index is 5.96. The van der Waals surface area contributed by atoms with E-state index in [1.165, 1.54) is 21.8 Å². The van der Waals surface area contributed by atoms with Crippen molar-refractivity contribution in [1.29, 1.82) is 0 Å². The number of halogens is 1. The molecule has 0 atom stereocenters. The van der Waals surface area contributed by atoms with Crippen LogP contribution in [0.25, 0.3) is 33.1 Å². The highest BCUT2D eigenvalue weighted by molar-refractivity contribution is 9.10. The van der Waals surface area contributed by atoms with Crippen molar-refractivity contribution in [2.45, 2.75) is 0 Å². The fraction of sp³-hybridized carbons (Fsp3) is 0.0400. The van der Waals surface area contributed by atoms with E-state index in [-0.39, 0.29) is 0 Å². The molecule has 28 heavy (non-hydrogen) atoms. The molecule has 0 amide bonds. The summed E-state index contributed by atoms with van der Waals surface area (Å²) in [6.07, 6.45) is 6.31. The zero-order valence-corrected chi connectivity index (χ0v) is 16.8. The van der Waals surface area contributed by atoms with Crippen molar-refractivity contribution in [3.63, 3.8) is 0 Å². The van der Waals surface area contributed by atoms with Crippen molar-refractivity contribution in [3.05, 3.63) is 102 Å². The van der Waals surface area contributed by atoms with Crippen LogP contribution in [0.15, 0.2) is 96.0 Å². The summed E-state index contributed by atoms with van der Waals surface area (Å²) in [4.78, 5) is 0. The van der Waals surface area contributed by atoms with E-state index in [2.05, 4.69) is 99.9 Å². The van der Waals surface area contributed by atoms with Crippen LogP contribution in [0.2, 0.25) is 0 Å². The monoisotopic (exact) mass is 427 g/mol. The lowest BCUT2D eigenvalue weighted by atomic mass is 10.1. The smallest absolute Gasteiger partial charge is 0.127 e.